The molecule has 0 radical (unpaired) electrons. The van der Waals surface area contributed by atoms with Gasteiger partial charge in [0, 0.05) is 45.8 Å². The molecule has 0 aromatic heterocycles. The second-order valence-corrected chi connectivity index (χ2v) is 9.94. The number of carbonyl (C=O) groups excluding carboxylic acids is 2. The number of amides is 2. The van der Waals surface area contributed by atoms with Crippen molar-refractivity contribution in [3.8, 4) is 0 Å². The van der Waals surface area contributed by atoms with Gasteiger partial charge in [0.2, 0.25) is 11.8 Å². The second-order valence-electron chi connectivity index (χ2n) is 9.94. The van der Waals surface area contributed by atoms with Crippen molar-refractivity contribution in [1.82, 2.24) is 20.0 Å². The number of nitrogens with zero attached hydrogens (tertiary/aromatic N) is 3. The Balaban J connectivity index is 1.19. The van der Waals surface area contributed by atoms with E-state index in [1.807, 2.05) is 46.2 Å². The molecule has 3 aliphatic heterocycles. The van der Waals surface area contributed by atoms with Gasteiger partial charge in [0.15, 0.2) is 0 Å². The Morgan fingerprint density at radius 1 is 0.917 bits per heavy atom. The normalized spacial score (nSPS) is 20.4. The third-order valence-corrected chi connectivity index (χ3v) is 7.87. The summed E-state index contributed by atoms with van der Waals surface area (Å²) in [6.07, 6.45) is 1.57. The maximum atomic E-state index is 13.5. The SMILES string of the molecule is O=C(CNC(C(=O)N1CCN(CCO)CC1)c1ccccc1)N1CCC2(CC1)OCc1ccccc12. The van der Waals surface area contributed by atoms with Crippen LogP contribution >= 0.6 is 0 Å². The molecule has 3 aliphatic rings. The van der Waals surface area contributed by atoms with Gasteiger partial charge >= 0.3 is 0 Å². The molecule has 2 fully saturated rings. The Labute approximate surface area is 212 Å². The van der Waals surface area contributed by atoms with Crippen molar-refractivity contribution in [1.29, 1.82) is 0 Å². The topological polar surface area (TPSA) is 85.4 Å². The zero-order valence-electron chi connectivity index (χ0n) is 20.8. The molecule has 0 saturated carbocycles. The Hall–Kier alpha value is -2.78. The fourth-order valence-electron chi connectivity index (χ4n) is 5.73. The lowest BCUT2D eigenvalue weighted by Crippen LogP contribution is -2.53. The molecule has 3 heterocycles. The number of likely N-dealkylation sites (tertiary alicyclic amines) is 1. The summed E-state index contributed by atoms with van der Waals surface area (Å²) in [7, 11) is 0. The van der Waals surface area contributed by atoms with Crippen molar-refractivity contribution < 1.29 is 19.4 Å². The molecule has 2 aromatic carbocycles. The van der Waals surface area contributed by atoms with Crippen LogP contribution in [0.15, 0.2) is 54.6 Å². The van der Waals surface area contributed by atoms with Crippen LogP contribution < -0.4 is 5.32 Å². The highest BCUT2D eigenvalue weighted by Crippen LogP contribution is 2.43. The van der Waals surface area contributed by atoms with Crippen LogP contribution in [0.4, 0.5) is 0 Å². The Kier molecular flexibility index (Phi) is 7.67. The van der Waals surface area contributed by atoms with Crippen LogP contribution in [0.3, 0.4) is 0 Å². The molecule has 0 aliphatic carbocycles. The van der Waals surface area contributed by atoms with Crippen LogP contribution in [0.1, 0.15) is 35.6 Å². The number of hydrogen-bond acceptors (Lipinski definition) is 6. The quantitative estimate of drug-likeness (QED) is 0.610. The highest BCUT2D eigenvalue weighted by Gasteiger charge is 2.43. The smallest absolute Gasteiger partial charge is 0.244 e. The van der Waals surface area contributed by atoms with E-state index in [4.69, 9.17) is 4.74 Å². The lowest BCUT2D eigenvalue weighted by Gasteiger charge is -2.39. The zero-order chi connectivity index (χ0) is 25.0. The Bertz CT molecular complexity index is 1050. The van der Waals surface area contributed by atoms with Crippen molar-refractivity contribution in [2.75, 3.05) is 59.0 Å². The highest BCUT2D eigenvalue weighted by atomic mass is 16.5. The molecular weight excluding hydrogens is 456 g/mol. The maximum absolute atomic E-state index is 13.5. The number of β-amino-alcohol motifs (C(OH)–C–C–N with tert-alkyl or cyclic N) is 1. The van der Waals surface area contributed by atoms with Crippen molar-refractivity contribution in [3.63, 3.8) is 0 Å². The summed E-state index contributed by atoms with van der Waals surface area (Å²) in [6.45, 7) is 5.52. The molecule has 2 N–H and O–H groups in total. The molecule has 1 spiro atoms. The number of fused-ring (bicyclic) bond motifs is 2. The number of benzene rings is 2. The Morgan fingerprint density at radius 3 is 2.33 bits per heavy atom. The largest absolute Gasteiger partial charge is 0.395 e. The molecule has 2 saturated heterocycles. The van der Waals surface area contributed by atoms with Gasteiger partial charge in [-0.05, 0) is 29.5 Å². The average molecular weight is 493 g/mol. The summed E-state index contributed by atoms with van der Waals surface area (Å²) < 4.78 is 6.24. The number of carbonyl (C=O) groups is 2. The number of piperidine rings is 1. The van der Waals surface area contributed by atoms with Crippen LogP contribution in [0.25, 0.3) is 0 Å². The molecule has 2 amide bonds. The number of ether oxygens (including phenoxy) is 1. The summed E-state index contributed by atoms with van der Waals surface area (Å²) in [5, 5.41) is 12.5. The number of nitrogens with one attached hydrogen (secondary N) is 1. The van der Waals surface area contributed by atoms with E-state index in [1.54, 1.807) is 0 Å². The molecule has 36 heavy (non-hydrogen) atoms. The molecule has 2 aromatic rings. The average Bonchev–Trinajstić information content (AvgIpc) is 3.28. The van der Waals surface area contributed by atoms with Crippen LogP contribution in [-0.2, 0) is 26.5 Å². The Morgan fingerprint density at radius 2 is 1.61 bits per heavy atom. The minimum absolute atomic E-state index is 0.00814. The predicted octanol–water partition coefficient (Wildman–Crippen LogP) is 1.50. The van der Waals surface area contributed by atoms with Crippen molar-refractivity contribution in [2.45, 2.75) is 31.1 Å². The van der Waals surface area contributed by atoms with Gasteiger partial charge in [-0.1, -0.05) is 54.6 Å². The zero-order valence-corrected chi connectivity index (χ0v) is 20.8. The van der Waals surface area contributed by atoms with Crippen LogP contribution in [0.5, 0.6) is 0 Å². The number of hydrogen-bond donors (Lipinski definition) is 2. The summed E-state index contributed by atoms with van der Waals surface area (Å²) >= 11 is 0. The predicted molar refractivity (Wildman–Crippen MR) is 136 cm³/mol. The standard InChI is InChI=1S/C28H36N4O4/c33-19-18-30-14-16-32(17-15-30)27(35)26(22-6-2-1-3-7-22)29-20-25(34)31-12-10-28(11-13-31)24-9-5-4-8-23(24)21-36-28/h1-9,26,29,33H,10-21H2. The van der Waals surface area contributed by atoms with E-state index >= 15 is 0 Å². The van der Waals surface area contributed by atoms with Crippen LogP contribution in [0, 0.1) is 0 Å². The third kappa shape index (κ3) is 5.18. The van der Waals surface area contributed by atoms with Gasteiger partial charge in [-0.25, -0.2) is 0 Å². The molecule has 8 heteroatoms. The summed E-state index contributed by atoms with van der Waals surface area (Å²) in [4.78, 5) is 32.6. The minimum atomic E-state index is -0.569. The van der Waals surface area contributed by atoms with Gasteiger partial charge < -0.3 is 19.6 Å². The first-order chi connectivity index (χ1) is 17.6. The van der Waals surface area contributed by atoms with Gasteiger partial charge in [-0.3, -0.25) is 19.8 Å². The van der Waals surface area contributed by atoms with Gasteiger partial charge in [0.05, 0.1) is 25.4 Å². The molecule has 1 atom stereocenters. The number of piperazine rings is 1. The first kappa shape index (κ1) is 24.9. The summed E-state index contributed by atoms with van der Waals surface area (Å²) in [5.74, 6) is 0.00355. The lowest BCUT2D eigenvalue weighted by atomic mass is 9.84. The van der Waals surface area contributed by atoms with Crippen LogP contribution in [0.2, 0.25) is 0 Å². The number of aliphatic hydroxyl groups excluding tert-OH is 1. The first-order valence-corrected chi connectivity index (χ1v) is 13.0. The van der Waals surface area contributed by atoms with Crippen molar-refractivity contribution >= 4 is 11.8 Å². The molecule has 0 bridgehead atoms. The monoisotopic (exact) mass is 492 g/mol. The fraction of sp³-hybridized carbons (Fsp3) is 0.500. The van der Waals surface area contributed by atoms with Gasteiger partial charge in [0.25, 0.3) is 0 Å². The summed E-state index contributed by atoms with van der Waals surface area (Å²) in [6, 6.07) is 17.4. The van der Waals surface area contributed by atoms with E-state index in [9.17, 15) is 14.7 Å². The van der Waals surface area contributed by atoms with E-state index in [2.05, 4.69) is 28.4 Å². The molecule has 1 unspecified atom stereocenters. The van der Waals surface area contributed by atoms with Gasteiger partial charge in [-0.2, -0.15) is 0 Å². The van der Waals surface area contributed by atoms with E-state index in [-0.39, 0.29) is 30.6 Å². The third-order valence-electron chi connectivity index (χ3n) is 7.87. The minimum Gasteiger partial charge on any atom is -0.395 e. The lowest BCUT2D eigenvalue weighted by molar-refractivity contribution is -0.138. The highest BCUT2D eigenvalue weighted by molar-refractivity contribution is 5.85. The van der Waals surface area contributed by atoms with Crippen molar-refractivity contribution in [2.24, 2.45) is 0 Å². The van der Waals surface area contributed by atoms with E-state index in [0.717, 1.165) is 31.5 Å². The van der Waals surface area contributed by atoms with Crippen LogP contribution in [-0.4, -0.2) is 90.6 Å². The molecule has 192 valence electrons. The van der Waals surface area contributed by atoms with E-state index in [0.29, 0.717) is 39.3 Å². The summed E-state index contributed by atoms with van der Waals surface area (Å²) in [5.41, 5.74) is 3.10. The molecule has 5 rings (SSSR count). The second kappa shape index (κ2) is 11.1. The van der Waals surface area contributed by atoms with Crippen molar-refractivity contribution in [3.05, 3.63) is 71.3 Å². The number of rotatable bonds is 7. The molecular formula is C28H36N4O4. The fourth-order valence-corrected chi connectivity index (χ4v) is 5.73. The molecule has 8 nitrogen and oxygen atoms in total. The maximum Gasteiger partial charge on any atom is 0.244 e. The number of aliphatic hydroxyl groups is 1. The first-order valence-electron chi connectivity index (χ1n) is 13.0. The van der Waals surface area contributed by atoms with E-state index < -0.39 is 6.04 Å². The van der Waals surface area contributed by atoms with Gasteiger partial charge in [0.1, 0.15) is 6.04 Å². The van der Waals surface area contributed by atoms with E-state index in [1.165, 1.54) is 11.1 Å². The van der Waals surface area contributed by atoms with Gasteiger partial charge in [-0.15, -0.1) is 0 Å².